The zero-order valence-corrected chi connectivity index (χ0v) is 10.8. The highest BCUT2D eigenvalue weighted by molar-refractivity contribution is 5.89. The smallest absolute Gasteiger partial charge is 0.227 e. The number of hydrogen-bond donors (Lipinski definition) is 1. The molecule has 98 valence electrons. The first-order chi connectivity index (χ1) is 9.33. The number of imidazole rings is 1. The Balaban J connectivity index is 1.57. The van der Waals surface area contributed by atoms with Gasteiger partial charge in [0.15, 0.2) is 0 Å². The lowest BCUT2D eigenvalue weighted by molar-refractivity contribution is -0.116. The number of aryl methyl sites for hydroxylation is 2. The molecule has 1 aromatic carbocycles. The summed E-state index contributed by atoms with van der Waals surface area (Å²) >= 11 is 0. The van der Waals surface area contributed by atoms with Gasteiger partial charge >= 0.3 is 0 Å². The molecule has 0 bridgehead atoms. The average molecular weight is 255 g/mol. The second-order valence-electron chi connectivity index (χ2n) is 4.86. The molecule has 0 spiro atoms. The largest absolute Gasteiger partial charge is 0.314 e. The maximum Gasteiger partial charge on any atom is 0.227 e. The van der Waals surface area contributed by atoms with Crippen molar-refractivity contribution in [3.8, 4) is 0 Å². The standard InChI is InChI=1S/C15H17N3O/c19-14(9-8-12-5-2-1-3-6-12)17-15-16-11-13-7-4-10-18(13)15/h1-3,5-6,11H,4,7-10H2,(H,16,17,19). The van der Waals surface area contributed by atoms with Crippen molar-refractivity contribution >= 4 is 11.9 Å². The quantitative estimate of drug-likeness (QED) is 0.912. The van der Waals surface area contributed by atoms with E-state index in [2.05, 4.69) is 14.9 Å². The summed E-state index contributed by atoms with van der Waals surface area (Å²) < 4.78 is 2.10. The summed E-state index contributed by atoms with van der Waals surface area (Å²) in [5.74, 6) is 0.731. The third-order valence-corrected chi connectivity index (χ3v) is 3.49. The Bertz CT molecular complexity index is 574. The van der Waals surface area contributed by atoms with Crippen molar-refractivity contribution in [2.24, 2.45) is 0 Å². The molecule has 1 aliphatic heterocycles. The van der Waals surface area contributed by atoms with Crippen LogP contribution in [-0.2, 0) is 24.2 Å². The van der Waals surface area contributed by atoms with Crippen LogP contribution in [0.15, 0.2) is 36.5 Å². The van der Waals surface area contributed by atoms with Crippen molar-refractivity contribution in [3.05, 3.63) is 47.8 Å². The Morgan fingerprint density at radius 2 is 2.16 bits per heavy atom. The molecule has 2 heterocycles. The number of nitrogens with zero attached hydrogens (tertiary/aromatic N) is 2. The van der Waals surface area contributed by atoms with Crippen molar-refractivity contribution in [1.82, 2.24) is 9.55 Å². The molecule has 0 fully saturated rings. The molecule has 1 aromatic heterocycles. The number of rotatable bonds is 4. The van der Waals surface area contributed by atoms with E-state index in [1.165, 1.54) is 11.3 Å². The molecule has 1 N–H and O–H groups in total. The Hall–Kier alpha value is -2.10. The van der Waals surface area contributed by atoms with E-state index >= 15 is 0 Å². The van der Waals surface area contributed by atoms with Crippen molar-refractivity contribution in [3.63, 3.8) is 0 Å². The van der Waals surface area contributed by atoms with Crippen molar-refractivity contribution in [2.75, 3.05) is 5.32 Å². The Morgan fingerprint density at radius 3 is 3.00 bits per heavy atom. The molecule has 19 heavy (non-hydrogen) atoms. The normalized spacial score (nSPS) is 13.3. The molecule has 1 amide bonds. The van der Waals surface area contributed by atoms with E-state index < -0.39 is 0 Å². The van der Waals surface area contributed by atoms with Crippen LogP contribution in [-0.4, -0.2) is 15.5 Å². The van der Waals surface area contributed by atoms with E-state index in [0.29, 0.717) is 12.4 Å². The van der Waals surface area contributed by atoms with Crippen molar-refractivity contribution in [2.45, 2.75) is 32.2 Å². The van der Waals surface area contributed by atoms with Crippen LogP contribution in [0.1, 0.15) is 24.1 Å². The molecule has 1 aliphatic rings. The van der Waals surface area contributed by atoms with Gasteiger partial charge in [0.05, 0.1) is 6.20 Å². The summed E-state index contributed by atoms with van der Waals surface area (Å²) in [6.07, 6.45) is 5.32. The van der Waals surface area contributed by atoms with Crippen LogP contribution >= 0.6 is 0 Å². The molecule has 0 atom stereocenters. The molecule has 0 unspecified atom stereocenters. The van der Waals surface area contributed by atoms with Gasteiger partial charge < -0.3 is 4.57 Å². The number of carbonyl (C=O) groups excluding carboxylic acids is 1. The highest BCUT2D eigenvalue weighted by atomic mass is 16.1. The number of benzene rings is 1. The van der Waals surface area contributed by atoms with Crippen LogP contribution in [0.2, 0.25) is 0 Å². The monoisotopic (exact) mass is 255 g/mol. The van der Waals surface area contributed by atoms with E-state index in [-0.39, 0.29) is 5.91 Å². The number of fused-ring (bicyclic) bond motifs is 1. The highest BCUT2D eigenvalue weighted by Gasteiger charge is 2.16. The SMILES string of the molecule is O=C(CCc1ccccc1)Nc1ncc2n1CCC2. The lowest BCUT2D eigenvalue weighted by atomic mass is 10.1. The summed E-state index contributed by atoms with van der Waals surface area (Å²) in [5, 5.41) is 2.91. The molecule has 0 aliphatic carbocycles. The van der Waals surface area contributed by atoms with Crippen LogP contribution in [0.25, 0.3) is 0 Å². The maximum atomic E-state index is 11.9. The Morgan fingerprint density at radius 1 is 1.32 bits per heavy atom. The second-order valence-corrected chi connectivity index (χ2v) is 4.86. The van der Waals surface area contributed by atoms with Gasteiger partial charge in [0.1, 0.15) is 0 Å². The van der Waals surface area contributed by atoms with E-state index in [9.17, 15) is 4.79 Å². The lowest BCUT2D eigenvalue weighted by Crippen LogP contribution is -2.16. The molecule has 2 aromatic rings. The van der Waals surface area contributed by atoms with Crippen molar-refractivity contribution < 1.29 is 4.79 Å². The minimum atomic E-state index is 0.0316. The number of amides is 1. The summed E-state index contributed by atoms with van der Waals surface area (Å²) in [4.78, 5) is 16.2. The van der Waals surface area contributed by atoms with E-state index in [1.54, 1.807) is 0 Å². The molecule has 0 radical (unpaired) electrons. The predicted molar refractivity (Wildman–Crippen MR) is 73.9 cm³/mol. The van der Waals surface area contributed by atoms with Crippen LogP contribution in [0.3, 0.4) is 0 Å². The third-order valence-electron chi connectivity index (χ3n) is 3.49. The lowest BCUT2D eigenvalue weighted by Gasteiger charge is -2.06. The fraction of sp³-hybridized carbons (Fsp3) is 0.333. The van der Waals surface area contributed by atoms with Crippen LogP contribution in [0.5, 0.6) is 0 Å². The van der Waals surface area contributed by atoms with Gasteiger partial charge in [-0.05, 0) is 24.8 Å². The molecular weight excluding hydrogens is 238 g/mol. The van der Waals surface area contributed by atoms with Crippen LogP contribution in [0, 0.1) is 0 Å². The van der Waals surface area contributed by atoms with E-state index in [0.717, 1.165) is 25.8 Å². The molecule has 4 nitrogen and oxygen atoms in total. The minimum Gasteiger partial charge on any atom is -0.314 e. The average Bonchev–Trinajstić information content (AvgIpc) is 3.03. The predicted octanol–water partition coefficient (Wildman–Crippen LogP) is 2.40. The van der Waals surface area contributed by atoms with Gasteiger partial charge in [-0.1, -0.05) is 30.3 Å². The first kappa shape index (κ1) is 12.0. The Kier molecular flexibility index (Phi) is 3.31. The van der Waals surface area contributed by atoms with Crippen LogP contribution in [0.4, 0.5) is 5.95 Å². The topological polar surface area (TPSA) is 46.9 Å². The second kappa shape index (κ2) is 5.26. The summed E-state index contributed by atoms with van der Waals surface area (Å²) in [6.45, 7) is 0.962. The van der Waals surface area contributed by atoms with Gasteiger partial charge in [-0.2, -0.15) is 0 Å². The number of anilines is 1. The van der Waals surface area contributed by atoms with Gasteiger partial charge in [0, 0.05) is 18.7 Å². The minimum absolute atomic E-state index is 0.0316. The maximum absolute atomic E-state index is 11.9. The van der Waals surface area contributed by atoms with Gasteiger partial charge in [-0.25, -0.2) is 4.98 Å². The van der Waals surface area contributed by atoms with E-state index in [4.69, 9.17) is 0 Å². The number of carbonyl (C=O) groups is 1. The molecule has 0 saturated heterocycles. The van der Waals surface area contributed by atoms with Gasteiger partial charge in [0.2, 0.25) is 11.9 Å². The Labute approximate surface area is 112 Å². The fourth-order valence-corrected chi connectivity index (χ4v) is 2.47. The summed E-state index contributed by atoms with van der Waals surface area (Å²) in [6, 6.07) is 10.1. The van der Waals surface area contributed by atoms with E-state index in [1.807, 2.05) is 36.5 Å². The summed E-state index contributed by atoms with van der Waals surface area (Å²) in [5.41, 5.74) is 2.41. The zero-order valence-electron chi connectivity index (χ0n) is 10.8. The molecule has 4 heteroatoms. The summed E-state index contributed by atoms with van der Waals surface area (Å²) in [7, 11) is 0. The molecule has 0 saturated carbocycles. The third kappa shape index (κ3) is 2.67. The first-order valence-corrected chi connectivity index (χ1v) is 6.71. The number of nitrogens with one attached hydrogen (secondary N) is 1. The molecular formula is C15H17N3O. The fourth-order valence-electron chi connectivity index (χ4n) is 2.47. The molecule has 3 rings (SSSR count). The highest BCUT2D eigenvalue weighted by Crippen LogP contribution is 2.19. The van der Waals surface area contributed by atoms with Gasteiger partial charge in [-0.3, -0.25) is 10.1 Å². The van der Waals surface area contributed by atoms with Gasteiger partial charge in [-0.15, -0.1) is 0 Å². The van der Waals surface area contributed by atoms with Crippen molar-refractivity contribution in [1.29, 1.82) is 0 Å². The van der Waals surface area contributed by atoms with Crippen LogP contribution < -0.4 is 5.32 Å². The first-order valence-electron chi connectivity index (χ1n) is 6.71. The number of aromatic nitrogens is 2. The number of hydrogen-bond acceptors (Lipinski definition) is 2. The zero-order chi connectivity index (χ0) is 13.1. The van der Waals surface area contributed by atoms with Gasteiger partial charge in [0.25, 0.3) is 0 Å².